The standard InChI is InChI=1S/C41H28Cl3F3N4O6/c42-23-3-1-21(2-4-23)40-30(37(54)51(39(40)56)49-35-31(44)15-22(17-48-35)41(45,46)47)16-29-27(34(40)20-13-19-14-26(52)9-12-32(19)57-18-20)10-11-28-33(29)38(55)50(36(28)53)25-7-5-24(43)6-8-25/h1-10,12,14-15,17-18,28-30,33-34,52H,11,13,16H2,(H,48,49)/t28-,29+,30-,33-,34-,40+/m0/s1. The zero-order valence-corrected chi connectivity index (χ0v) is 31.5. The van der Waals surface area contributed by atoms with Crippen LogP contribution >= 0.6 is 34.8 Å². The maximum Gasteiger partial charge on any atom is 0.417 e. The Hall–Kier alpha value is -5.37. The first-order chi connectivity index (χ1) is 27.2. The zero-order valence-electron chi connectivity index (χ0n) is 29.3. The minimum atomic E-state index is -4.76. The summed E-state index contributed by atoms with van der Waals surface area (Å²) in [6, 6.07) is 18.0. The first kappa shape index (κ1) is 37.2. The van der Waals surface area contributed by atoms with Crippen LogP contribution in [0, 0.1) is 29.6 Å². The van der Waals surface area contributed by atoms with Gasteiger partial charge in [-0.3, -0.25) is 29.5 Å². The Morgan fingerprint density at radius 3 is 2.26 bits per heavy atom. The molecule has 5 aliphatic rings. The van der Waals surface area contributed by atoms with E-state index in [1.807, 2.05) is 6.08 Å². The second kappa shape index (κ2) is 13.4. The van der Waals surface area contributed by atoms with E-state index in [9.17, 15) is 32.7 Å². The molecule has 3 aliphatic heterocycles. The smallest absolute Gasteiger partial charge is 0.417 e. The fraction of sp³-hybridized carbons (Fsp3) is 0.244. The second-order valence-corrected chi connectivity index (χ2v) is 16.0. The van der Waals surface area contributed by atoms with E-state index < -0.39 is 75.4 Å². The number of anilines is 2. The quantitative estimate of drug-likeness (QED) is 0.152. The zero-order chi connectivity index (χ0) is 40.1. The number of halogens is 6. The van der Waals surface area contributed by atoms with Gasteiger partial charge in [0.2, 0.25) is 11.8 Å². The molecule has 0 spiro atoms. The number of aromatic nitrogens is 1. The highest BCUT2D eigenvalue weighted by atomic mass is 35.5. The highest BCUT2D eigenvalue weighted by molar-refractivity contribution is 6.33. The number of fused-ring (bicyclic) bond motifs is 5. The molecule has 3 aromatic carbocycles. The van der Waals surface area contributed by atoms with Crippen LogP contribution < -0.4 is 15.1 Å². The van der Waals surface area contributed by atoms with Crippen LogP contribution in [0.25, 0.3) is 0 Å². The third kappa shape index (κ3) is 5.72. The average Bonchev–Trinajstić information content (AvgIpc) is 3.56. The lowest BCUT2D eigenvalue weighted by molar-refractivity contribution is -0.139. The first-order valence-corrected chi connectivity index (χ1v) is 19.0. The van der Waals surface area contributed by atoms with Crippen LogP contribution in [0.3, 0.4) is 0 Å². The Morgan fingerprint density at radius 1 is 0.877 bits per heavy atom. The Kier molecular flexibility index (Phi) is 8.72. The van der Waals surface area contributed by atoms with E-state index in [2.05, 4.69) is 10.4 Å². The van der Waals surface area contributed by atoms with Crippen molar-refractivity contribution < 1.29 is 42.2 Å². The van der Waals surface area contributed by atoms with Crippen LogP contribution in [-0.4, -0.2) is 38.7 Å². The molecule has 4 aromatic rings. The SMILES string of the molecule is O=C1[C@@H]2C[C@@H]3C(=CC[C@@H]4C(=O)N(c5ccc(Cl)cc5)C(=O)[C@@H]43)[C@H](C3=COc4ccc(O)cc4C3)[C@]2(c2ccc(Cl)cc2)C(=O)N1Nc1ncc(C(F)(F)F)cc1Cl. The van der Waals surface area contributed by atoms with Gasteiger partial charge in [0.15, 0.2) is 5.82 Å². The molecular weight excluding hydrogens is 808 g/mol. The van der Waals surface area contributed by atoms with Crippen LogP contribution in [0.4, 0.5) is 24.7 Å². The van der Waals surface area contributed by atoms with E-state index >= 15 is 4.79 Å². The van der Waals surface area contributed by atoms with Gasteiger partial charge in [0.05, 0.1) is 45.7 Å². The molecule has 57 heavy (non-hydrogen) atoms. The topological polar surface area (TPSA) is 129 Å². The van der Waals surface area contributed by atoms with Gasteiger partial charge in [-0.2, -0.15) is 18.2 Å². The second-order valence-electron chi connectivity index (χ2n) is 14.7. The van der Waals surface area contributed by atoms with Gasteiger partial charge >= 0.3 is 6.18 Å². The first-order valence-electron chi connectivity index (χ1n) is 17.8. The lowest BCUT2D eigenvalue weighted by atomic mass is 9.48. The van der Waals surface area contributed by atoms with Crippen molar-refractivity contribution in [3.05, 3.63) is 134 Å². The largest absolute Gasteiger partial charge is 0.508 e. The summed E-state index contributed by atoms with van der Waals surface area (Å²) >= 11 is 18.8. The van der Waals surface area contributed by atoms with Crippen molar-refractivity contribution in [3.8, 4) is 11.5 Å². The number of ether oxygens (including phenoxy) is 1. The molecular formula is C41H28Cl3F3N4O6. The number of nitrogens with one attached hydrogen (secondary N) is 1. The fourth-order valence-corrected chi connectivity index (χ4v) is 9.90. The van der Waals surface area contributed by atoms with Gasteiger partial charge in [-0.25, -0.2) is 4.98 Å². The molecule has 4 amide bonds. The molecule has 0 bridgehead atoms. The van der Waals surface area contributed by atoms with Gasteiger partial charge in [0.1, 0.15) is 11.5 Å². The van der Waals surface area contributed by atoms with Gasteiger partial charge in [0, 0.05) is 34.1 Å². The molecule has 16 heteroatoms. The number of phenols is 1. The Bertz CT molecular complexity index is 2480. The van der Waals surface area contributed by atoms with Crippen LogP contribution in [0.1, 0.15) is 29.5 Å². The van der Waals surface area contributed by atoms with Crippen LogP contribution in [-0.2, 0) is 37.2 Å². The van der Waals surface area contributed by atoms with Crippen molar-refractivity contribution in [2.45, 2.75) is 30.9 Å². The fourth-order valence-electron chi connectivity index (χ4n) is 9.44. The summed E-state index contributed by atoms with van der Waals surface area (Å²) < 4.78 is 46.7. The van der Waals surface area contributed by atoms with Gasteiger partial charge in [-0.1, -0.05) is 58.6 Å². The predicted molar refractivity (Wildman–Crippen MR) is 202 cm³/mol. The number of phenolic OH excluding ortho intramolecular Hbond substituents is 1. The maximum atomic E-state index is 15.4. The molecule has 2 aliphatic carbocycles. The summed E-state index contributed by atoms with van der Waals surface area (Å²) in [5, 5.41) is 11.4. The molecule has 0 radical (unpaired) electrons. The lowest BCUT2D eigenvalue weighted by Gasteiger charge is -2.51. The Morgan fingerprint density at radius 2 is 1.58 bits per heavy atom. The number of allylic oxidation sites excluding steroid dienone is 3. The summed E-state index contributed by atoms with van der Waals surface area (Å²) in [5.74, 6) is -6.86. The summed E-state index contributed by atoms with van der Waals surface area (Å²) in [6.07, 6.45) is -0.564. The van der Waals surface area contributed by atoms with Crippen molar-refractivity contribution in [2.75, 3.05) is 10.3 Å². The molecule has 2 saturated heterocycles. The molecule has 290 valence electrons. The summed E-state index contributed by atoms with van der Waals surface area (Å²) in [4.78, 5) is 63.9. The maximum absolute atomic E-state index is 15.4. The number of benzene rings is 3. The van der Waals surface area contributed by atoms with E-state index in [1.165, 1.54) is 18.4 Å². The number of carbonyl (C=O) groups is 4. The number of nitrogens with zero attached hydrogens (tertiary/aromatic N) is 3. The Labute approximate surface area is 337 Å². The number of alkyl halides is 3. The summed E-state index contributed by atoms with van der Waals surface area (Å²) in [6.45, 7) is 0. The Balaban J connectivity index is 1.21. The average molecular weight is 836 g/mol. The number of amides is 4. The number of hydrazine groups is 1. The summed E-state index contributed by atoms with van der Waals surface area (Å²) in [7, 11) is 0. The number of hydrogen-bond donors (Lipinski definition) is 2. The van der Waals surface area contributed by atoms with E-state index in [0.29, 0.717) is 56.0 Å². The summed E-state index contributed by atoms with van der Waals surface area (Å²) in [5.41, 5.74) is 2.29. The molecule has 10 nitrogen and oxygen atoms in total. The van der Waals surface area contributed by atoms with Gasteiger partial charge < -0.3 is 9.84 Å². The third-order valence-electron chi connectivity index (χ3n) is 11.8. The molecule has 1 aromatic heterocycles. The number of hydrogen-bond acceptors (Lipinski definition) is 8. The van der Waals surface area contributed by atoms with Gasteiger partial charge in [-0.15, -0.1) is 0 Å². The molecule has 1 saturated carbocycles. The molecule has 0 unspecified atom stereocenters. The molecule has 2 N–H and O–H groups in total. The van der Waals surface area contributed by atoms with Gasteiger partial charge in [0.25, 0.3) is 11.8 Å². The number of carbonyl (C=O) groups excluding carboxylic acids is 4. The molecule has 6 atom stereocenters. The monoisotopic (exact) mass is 834 g/mol. The highest BCUT2D eigenvalue weighted by Crippen LogP contribution is 2.63. The number of rotatable bonds is 5. The van der Waals surface area contributed by atoms with Crippen LogP contribution in [0.5, 0.6) is 11.5 Å². The van der Waals surface area contributed by atoms with Crippen molar-refractivity contribution in [1.82, 2.24) is 9.99 Å². The van der Waals surface area contributed by atoms with Crippen LogP contribution in [0.15, 0.2) is 102 Å². The minimum absolute atomic E-state index is 0.0223. The number of aromatic hydroxyl groups is 1. The van der Waals surface area contributed by atoms with Crippen molar-refractivity contribution in [2.24, 2.45) is 29.6 Å². The highest BCUT2D eigenvalue weighted by Gasteiger charge is 2.71. The van der Waals surface area contributed by atoms with Gasteiger partial charge in [-0.05, 0) is 90.6 Å². The lowest BCUT2D eigenvalue weighted by Crippen LogP contribution is -2.55. The molecule has 4 heterocycles. The minimum Gasteiger partial charge on any atom is -0.508 e. The van der Waals surface area contributed by atoms with E-state index in [-0.39, 0.29) is 30.8 Å². The number of pyridine rings is 1. The van der Waals surface area contributed by atoms with E-state index in [1.54, 1.807) is 54.6 Å². The normalized spacial score (nSPS) is 26.6. The third-order valence-corrected chi connectivity index (χ3v) is 12.6. The predicted octanol–water partition coefficient (Wildman–Crippen LogP) is 8.31. The van der Waals surface area contributed by atoms with Crippen LogP contribution in [0.2, 0.25) is 15.1 Å². The molecule has 9 rings (SSSR count). The van der Waals surface area contributed by atoms with E-state index in [4.69, 9.17) is 39.5 Å². The van der Waals surface area contributed by atoms with Crippen molar-refractivity contribution >= 4 is 69.9 Å². The molecule has 3 fully saturated rings. The van der Waals surface area contributed by atoms with E-state index in [0.717, 1.165) is 9.91 Å². The van der Waals surface area contributed by atoms with Crippen molar-refractivity contribution in [3.63, 3.8) is 0 Å². The van der Waals surface area contributed by atoms with Crippen molar-refractivity contribution in [1.29, 1.82) is 0 Å². The number of imide groups is 2.